The highest BCUT2D eigenvalue weighted by Gasteiger charge is 2.11. The Kier molecular flexibility index (Phi) is 5.55. The van der Waals surface area contributed by atoms with Crippen LogP contribution in [-0.4, -0.2) is 24.2 Å². The number of halogens is 1. The molecule has 0 radical (unpaired) electrons. The number of Topliss-reactive ketones (excluding diaryl/α,β-unsaturated/α-hetero) is 1. The SMILES string of the molecule is CC(=O)c1cc(Cl)ccc1OCC(=O)Nc1ccc(C(N)=O)cc1. The van der Waals surface area contributed by atoms with Crippen LogP contribution in [0, 0.1) is 0 Å². The summed E-state index contributed by atoms with van der Waals surface area (Å²) >= 11 is 5.85. The van der Waals surface area contributed by atoms with Crippen molar-refractivity contribution in [1.82, 2.24) is 0 Å². The van der Waals surface area contributed by atoms with Crippen LogP contribution in [0.5, 0.6) is 5.75 Å². The van der Waals surface area contributed by atoms with E-state index in [0.29, 0.717) is 21.8 Å². The van der Waals surface area contributed by atoms with Crippen LogP contribution in [0.4, 0.5) is 5.69 Å². The Hall–Kier alpha value is -2.86. The van der Waals surface area contributed by atoms with E-state index in [9.17, 15) is 14.4 Å². The molecule has 24 heavy (non-hydrogen) atoms. The summed E-state index contributed by atoms with van der Waals surface area (Å²) in [5.41, 5.74) is 6.29. The minimum absolute atomic E-state index is 0.213. The molecule has 7 heteroatoms. The second kappa shape index (κ2) is 7.61. The summed E-state index contributed by atoms with van der Waals surface area (Å²) in [6.07, 6.45) is 0. The molecule has 2 aromatic rings. The van der Waals surface area contributed by atoms with Crippen LogP contribution < -0.4 is 15.8 Å². The highest BCUT2D eigenvalue weighted by Crippen LogP contribution is 2.23. The number of carbonyl (C=O) groups excluding carboxylic acids is 3. The average molecular weight is 347 g/mol. The van der Waals surface area contributed by atoms with Gasteiger partial charge in [0.2, 0.25) is 5.91 Å². The Balaban J connectivity index is 1.98. The summed E-state index contributed by atoms with van der Waals surface area (Å²) in [4.78, 5) is 34.5. The second-order valence-electron chi connectivity index (χ2n) is 4.98. The van der Waals surface area contributed by atoms with Gasteiger partial charge < -0.3 is 15.8 Å². The molecule has 0 saturated carbocycles. The molecule has 6 nitrogen and oxygen atoms in total. The lowest BCUT2D eigenvalue weighted by Gasteiger charge is -2.10. The zero-order valence-corrected chi connectivity index (χ0v) is 13.6. The maximum absolute atomic E-state index is 11.9. The third kappa shape index (κ3) is 4.57. The molecular weight excluding hydrogens is 332 g/mol. The first-order chi connectivity index (χ1) is 11.4. The van der Waals surface area contributed by atoms with Gasteiger partial charge in [-0.3, -0.25) is 14.4 Å². The van der Waals surface area contributed by atoms with E-state index < -0.39 is 11.8 Å². The van der Waals surface area contributed by atoms with Gasteiger partial charge in [-0.2, -0.15) is 0 Å². The fourth-order valence-corrected chi connectivity index (χ4v) is 2.13. The number of amides is 2. The van der Waals surface area contributed by atoms with Crippen LogP contribution >= 0.6 is 11.6 Å². The molecule has 0 atom stereocenters. The second-order valence-corrected chi connectivity index (χ2v) is 5.41. The highest BCUT2D eigenvalue weighted by molar-refractivity contribution is 6.31. The fourth-order valence-electron chi connectivity index (χ4n) is 1.96. The smallest absolute Gasteiger partial charge is 0.262 e. The van der Waals surface area contributed by atoms with E-state index in [1.165, 1.54) is 31.2 Å². The van der Waals surface area contributed by atoms with Crippen molar-refractivity contribution in [3.8, 4) is 5.75 Å². The molecule has 124 valence electrons. The summed E-state index contributed by atoms with van der Waals surface area (Å²) in [7, 11) is 0. The molecule has 3 N–H and O–H groups in total. The quantitative estimate of drug-likeness (QED) is 0.785. The molecule has 2 aromatic carbocycles. The van der Waals surface area contributed by atoms with Crippen molar-refractivity contribution in [2.24, 2.45) is 5.73 Å². The van der Waals surface area contributed by atoms with Gasteiger partial charge in [0.25, 0.3) is 5.91 Å². The lowest BCUT2D eigenvalue weighted by Crippen LogP contribution is -2.21. The summed E-state index contributed by atoms with van der Waals surface area (Å²) in [6, 6.07) is 10.7. The van der Waals surface area contributed by atoms with E-state index in [2.05, 4.69) is 5.32 Å². The zero-order valence-electron chi connectivity index (χ0n) is 12.8. The first kappa shape index (κ1) is 17.5. The third-order valence-corrected chi connectivity index (χ3v) is 3.37. The minimum atomic E-state index is -0.546. The van der Waals surface area contributed by atoms with Crippen LogP contribution in [0.25, 0.3) is 0 Å². The molecule has 0 aliphatic carbocycles. The number of anilines is 1. The number of primary amides is 1. The van der Waals surface area contributed by atoms with E-state index in [4.69, 9.17) is 22.1 Å². The Morgan fingerprint density at radius 3 is 2.38 bits per heavy atom. The summed E-state index contributed by atoms with van der Waals surface area (Å²) in [5, 5.41) is 3.02. The normalized spacial score (nSPS) is 10.1. The van der Waals surface area contributed by atoms with Gasteiger partial charge in [-0.25, -0.2) is 0 Å². The van der Waals surface area contributed by atoms with Gasteiger partial charge in [-0.15, -0.1) is 0 Å². The van der Waals surface area contributed by atoms with Gasteiger partial charge in [0.05, 0.1) is 5.56 Å². The van der Waals surface area contributed by atoms with Gasteiger partial charge in [-0.05, 0) is 49.4 Å². The predicted octanol–water partition coefficient (Wildman–Crippen LogP) is 2.66. The van der Waals surface area contributed by atoms with Crippen LogP contribution in [0.3, 0.4) is 0 Å². The predicted molar refractivity (Wildman–Crippen MR) is 90.5 cm³/mol. The first-order valence-corrected chi connectivity index (χ1v) is 7.37. The Labute approximate surface area is 143 Å². The molecule has 2 amide bonds. The van der Waals surface area contributed by atoms with E-state index >= 15 is 0 Å². The molecule has 0 aromatic heterocycles. The number of nitrogens with two attached hydrogens (primary N) is 1. The number of nitrogens with one attached hydrogen (secondary N) is 1. The van der Waals surface area contributed by atoms with Crippen LogP contribution in [0.2, 0.25) is 5.02 Å². The van der Waals surface area contributed by atoms with Crippen molar-refractivity contribution < 1.29 is 19.1 Å². The number of ketones is 1. The molecule has 0 heterocycles. The summed E-state index contributed by atoms with van der Waals surface area (Å²) in [5.74, 6) is -0.886. The van der Waals surface area contributed by atoms with Crippen LogP contribution in [0.1, 0.15) is 27.6 Å². The van der Waals surface area contributed by atoms with Gasteiger partial charge in [0, 0.05) is 16.3 Å². The Bertz CT molecular complexity index is 788. The maximum atomic E-state index is 11.9. The average Bonchev–Trinajstić information content (AvgIpc) is 2.54. The van der Waals surface area contributed by atoms with Crippen molar-refractivity contribution in [1.29, 1.82) is 0 Å². The van der Waals surface area contributed by atoms with Crippen molar-refractivity contribution in [3.05, 3.63) is 58.6 Å². The number of hydrogen-bond acceptors (Lipinski definition) is 4. The molecular formula is C17H15ClN2O4. The molecule has 0 unspecified atom stereocenters. The van der Waals surface area contributed by atoms with Crippen molar-refractivity contribution in [2.75, 3.05) is 11.9 Å². The minimum Gasteiger partial charge on any atom is -0.483 e. The third-order valence-electron chi connectivity index (χ3n) is 3.13. The largest absolute Gasteiger partial charge is 0.483 e. The van der Waals surface area contributed by atoms with Crippen LogP contribution in [0.15, 0.2) is 42.5 Å². The standard InChI is InChI=1S/C17H15ClN2O4/c1-10(21)14-8-12(18)4-7-15(14)24-9-16(22)20-13-5-2-11(3-6-13)17(19)23/h2-8H,9H2,1H3,(H2,19,23)(H,20,22). The number of ether oxygens (including phenoxy) is 1. The van der Waals surface area contributed by atoms with E-state index in [1.807, 2.05) is 0 Å². The monoisotopic (exact) mass is 346 g/mol. The lowest BCUT2D eigenvalue weighted by atomic mass is 10.1. The van der Waals surface area contributed by atoms with Gasteiger partial charge in [0.1, 0.15) is 5.75 Å². The van der Waals surface area contributed by atoms with E-state index in [0.717, 1.165) is 0 Å². The van der Waals surface area contributed by atoms with E-state index in [-0.39, 0.29) is 18.1 Å². The number of rotatable bonds is 6. The number of carbonyl (C=O) groups is 3. The van der Waals surface area contributed by atoms with Crippen molar-refractivity contribution in [3.63, 3.8) is 0 Å². The molecule has 2 rings (SSSR count). The molecule has 0 spiro atoms. The first-order valence-electron chi connectivity index (χ1n) is 7.00. The number of hydrogen-bond donors (Lipinski definition) is 2. The number of benzene rings is 2. The van der Waals surface area contributed by atoms with Crippen molar-refractivity contribution in [2.45, 2.75) is 6.92 Å². The topological polar surface area (TPSA) is 98.5 Å². The Morgan fingerprint density at radius 2 is 1.79 bits per heavy atom. The molecule has 0 aliphatic heterocycles. The molecule has 0 saturated heterocycles. The fraction of sp³-hybridized carbons (Fsp3) is 0.118. The van der Waals surface area contributed by atoms with Gasteiger partial charge in [0.15, 0.2) is 12.4 Å². The molecule has 0 fully saturated rings. The van der Waals surface area contributed by atoms with Gasteiger partial charge >= 0.3 is 0 Å². The van der Waals surface area contributed by atoms with Crippen LogP contribution in [-0.2, 0) is 4.79 Å². The maximum Gasteiger partial charge on any atom is 0.262 e. The molecule has 0 aliphatic rings. The highest BCUT2D eigenvalue weighted by atomic mass is 35.5. The summed E-state index contributed by atoms with van der Waals surface area (Å²) < 4.78 is 5.38. The molecule has 0 bridgehead atoms. The van der Waals surface area contributed by atoms with Crippen molar-refractivity contribution >= 4 is 34.9 Å². The van der Waals surface area contributed by atoms with Gasteiger partial charge in [-0.1, -0.05) is 11.6 Å². The van der Waals surface area contributed by atoms with E-state index in [1.54, 1.807) is 18.2 Å². The lowest BCUT2D eigenvalue weighted by molar-refractivity contribution is -0.118. The summed E-state index contributed by atoms with van der Waals surface area (Å²) in [6.45, 7) is 1.11. The zero-order chi connectivity index (χ0) is 17.7. The Morgan fingerprint density at radius 1 is 1.12 bits per heavy atom.